The lowest BCUT2D eigenvalue weighted by Gasteiger charge is -2.15. The van der Waals surface area contributed by atoms with Crippen LogP contribution < -0.4 is 0 Å². The Kier molecular flexibility index (Phi) is 6.95. The Labute approximate surface area is 106 Å². The zero-order valence-electron chi connectivity index (χ0n) is 11.3. The van der Waals surface area contributed by atoms with Gasteiger partial charge in [0.2, 0.25) is 0 Å². The molecule has 0 aliphatic rings. The molecule has 1 rings (SSSR count). The fourth-order valence-electron chi connectivity index (χ4n) is 2.20. The Morgan fingerprint density at radius 1 is 1.00 bits per heavy atom. The maximum atomic E-state index is 10.2. The van der Waals surface area contributed by atoms with Crippen molar-refractivity contribution in [1.82, 2.24) is 0 Å². The highest BCUT2D eigenvalue weighted by Crippen LogP contribution is 2.24. The average molecular weight is 234 g/mol. The van der Waals surface area contributed by atoms with Crippen LogP contribution in [0.2, 0.25) is 0 Å². The summed E-state index contributed by atoms with van der Waals surface area (Å²) < 4.78 is 0. The van der Waals surface area contributed by atoms with Gasteiger partial charge in [0, 0.05) is 0 Å². The molecule has 0 radical (unpaired) electrons. The molecule has 0 amide bonds. The molecule has 0 aliphatic heterocycles. The van der Waals surface area contributed by atoms with E-state index >= 15 is 0 Å². The first kappa shape index (κ1) is 14.2. The Morgan fingerprint density at radius 2 is 1.71 bits per heavy atom. The topological polar surface area (TPSA) is 20.2 Å². The van der Waals surface area contributed by atoms with Crippen LogP contribution in [0.25, 0.3) is 0 Å². The van der Waals surface area contributed by atoms with Crippen molar-refractivity contribution in [3.8, 4) is 0 Å². The summed E-state index contributed by atoms with van der Waals surface area (Å²) >= 11 is 0. The van der Waals surface area contributed by atoms with Crippen LogP contribution in [0.3, 0.4) is 0 Å². The second kappa shape index (κ2) is 8.30. The second-order valence-corrected chi connectivity index (χ2v) is 4.81. The lowest BCUT2D eigenvalue weighted by Crippen LogP contribution is -2.02. The molecule has 0 saturated carbocycles. The Bertz CT molecular complexity index is 306. The first-order valence-electron chi connectivity index (χ1n) is 7.05. The molecule has 0 heterocycles. The van der Waals surface area contributed by atoms with Crippen molar-refractivity contribution in [3.05, 3.63) is 35.4 Å². The second-order valence-electron chi connectivity index (χ2n) is 4.81. The molecule has 1 N–H and O–H groups in total. The van der Waals surface area contributed by atoms with Crippen LogP contribution in [-0.4, -0.2) is 5.11 Å². The van der Waals surface area contributed by atoms with E-state index in [1.165, 1.54) is 31.2 Å². The van der Waals surface area contributed by atoms with Gasteiger partial charge in [-0.05, 0) is 30.4 Å². The number of unbranched alkanes of at least 4 members (excludes halogenated alkanes) is 3. The normalized spacial score (nSPS) is 12.6. The number of aryl methyl sites for hydroxylation is 1. The Balaban J connectivity index is 2.60. The third kappa shape index (κ3) is 4.91. The predicted molar refractivity (Wildman–Crippen MR) is 74.2 cm³/mol. The lowest BCUT2D eigenvalue weighted by atomic mass is 9.95. The van der Waals surface area contributed by atoms with Crippen LogP contribution in [0.15, 0.2) is 24.3 Å². The lowest BCUT2D eigenvalue weighted by molar-refractivity contribution is 0.162. The number of hydrogen-bond acceptors (Lipinski definition) is 1. The molecular weight excluding hydrogens is 208 g/mol. The molecule has 1 aromatic rings. The SMILES string of the molecule is CCCCCC(O)c1ccccc1CCCC. The summed E-state index contributed by atoms with van der Waals surface area (Å²) in [5.41, 5.74) is 2.48. The molecule has 1 nitrogen and oxygen atoms in total. The van der Waals surface area contributed by atoms with Crippen LogP contribution in [-0.2, 0) is 6.42 Å². The van der Waals surface area contributed by atoms with Gasteiger partial charge in [-0.3, -0.25) is 0 Å². The Morgan fingerprint density at radius 3 is 2.41 bits per heavy atom. The summed E-state index contributed by atoms with van der Waals surface area (Å²) in [4.78, 5) is 0. The molecule has 0 aromatic heterocycles. The minimum absolute atomic E-state index is 0.269. The number of aliphatic hydroxyl groups excluding tert-OH is 1. The highest BCUT2D eigenvalue weighted by molar-refractivity contribution is 5.29. The number of benzene rings is 1. The van der Waals surface area contributed by atoms with Gasteiger partial charge in [-0.1, -0.05) is 63.8 Å². The largest absolute Gasteiger partial charge is 0.388 e. The van der Waals surface area contributed by atoms with Crippen molar-refractivity contribution in [2.45, 2.75) is 64.9 Å². The molecule has 0 saturated heterocycles. The third-order valence-electron chi connectivity index (χ3n) is 3.29. The molecule has 17 heavy (non-hydrogen) atoms. The van der Waals surface area contributed by atoms with E-state index in [4.69, 9.17) is 0 Å². The van der Waals surface area contributed by atoms with Gasteiger partial charge in [-0.25, -0.2) is 0 Å². The molecule has 1 unspecified atom stereocenters. The maximum absolute atomic E-state index is 10.2. The van der Waals surface area contributed by atoms with Crippen molar-refractivity contribution in [2.75, 3.05) is 0 Å². The highest BCUT2D eigenvalue weighted by atomic mass is 16.3. The molecule has 0 spiro atoms. The molecule has 1 heteroatoms. The third-order valence-corrected chi connectivity index (χ3v) is 3.29. The standard InChI is InChI=1S/C16H26O/c1-3-5-7-13-16(17)15-12-9-8-11-14(15)10-6-4-2/h8-9,11-12,16-17H,3-7,10,13H2,1-2H3. The average Bonchev–Trinajstić information content (AvgIpc) is 2.37. The van der Waals surface area contributed by atoms with Gasteiger partial charge in [0.15, 0.2) is 0 Å². The van der Waals surface area contributed by atoms with Crippen molar-refractivity contribution >= 4 is 0 Å². The van der Waals surface area contributed by atoms with Crippen LogP contribution >= 0.6 is 0 Å². The smallest absolute Gasteiger partial charge is 0.0792 e. The Hall–Kier alpha value is -0.820. The quantitative estimate of drug-likeness (QED) is 0.649. The molecule has 1 atom stereocenters. The summed E-state index contributed by atoms with van der Waals surface area (Å²) in [7, 11) is 0. The van der Waals surface area contributed by atoms with Gasteiger partial charge in [0.05, 0.1) is 6.10 Å². The number of hydrogen-bond donors (Lipinski definition) is 1. The van der Waals surface area contributed by atoms with E-state index in [-0.39, 0.29) is 6.10 Å². The van der Waals surface area contributed by atoms with Gasteiger partial charge in [0.1, 0.15) is 0 Å². The van der Waals surface area contributed by atoms with E-state index in [0.29, 0.717) is 0 Å². The first-order chi connectivity index (χ1) is 8.29. The van der Waals surface area contributed by atoms with Crippen LogP contribution in [0, 0.1) is 0 Å². The van der Waals surface area contributed by atoms with Gasteiger partial charge < -0.3 is 5.11 Å². The van der Waals surface area contributed by atoms with Gasteiger partial charge in [-0.2, -0.15) is 0 Å². The summed E-state index contributed by atoms with van der Waals surface area (Å²) in [6.07, 6.45) is 7.70. The molecule has 1 aromatic carbocycles. The first-order valence-corrected chi connectivity index (χ1v) is 7.05. The summed E-state index contributed by atoms with van der Waals surface area (Å²) in [5, 5.41) is 10.2. The van der Waals surface area contributed by atoms with E-state index in [0.717, 1.165) is 24.8 Å². The molecule has 0 aliphatic carbocycles. The molecule has 0 fully saturated rings. The van der Waals surface area contributed by atoms with E-state index < -0.39 is 0 Å². The van der Waals surface area contributed by atoms with Gasteiger partial charge in [0.25, 0.3) is 0 Å². The minimum Gasteiger partial charge on any atom is -0.388 e. The fourth-order valence-corrected chi connectivity index (χ4v) is 2.20. The monoisotopic (exact) mass is 234 g/mol. The van der Waals surface area contributed by atoms with Crippen molar-refractivity contribution in [2.24, 2.45) is 0 Å². The minimum atomic E-state index is -0.269. The van der Waals surface area contributed by atoms with Crippen molar-refractivity contribution in [1.29, 1.82) is 0 Å². The van der Waals surface area contributed by atoms with Crippen molar-refractivity contribution < 1.29 is 5.11 Å². The number of aliphatic hydroxyl groups is 1. The summed E-state index contributed by atoms with van der Waals surface area (Å²) in [6.45, 7) is 4.40. The molecule has 96 valence electrons. The maximum Gasteiger partial charge on any atom is 0.0792 e. The van der Waals surface area contributed by atoms with E-state index in [2.05, 4.69) is 32.0 Å². The van der Waals surface area contributed by atoms with Gasteiger partial charge >= 0.3 is 0 Å². The summed E-state index contributed by atoms with van der Waals surface area (Å²) in [5.74, 6) is 0. The van der Waals surface area contributed by atoms with Gasteiger partial charge in [-0.15, -0.1) is 0 Å². The van der Waals surface area contributed by atoms with Crippen LogP contribution in [0.1, 0.15) is 69.6 Å². The fraction of sp³-hybridized carbons (Fsp3) is 0.625. The highest BCUT2D eigenvalue weighted by Gasteiger charge is 2.10. The molecule has 0 bridgehead atoms. The summed E-state index contributed by atoms with van der Waals surface area (Å²) in [6, 6.07) is 8.36. The van der Waals surface area contributed by atoms with Crippen LogP contribution in [0.5, 0.6) is 0 Å². The van der Waals surface area contributed by atoms with Crippen LogP contribution in [0.4, 0.5) is 0 Å². The number of rotatable bonds is 8. The zero-order valence-corrected chi connectivity index (χ0v) is 11.3. The zero-order chi connectivity index (χ0) is 12.5. The van der Waals surface area contributed by atoms with E-state index in [1.54, 1.807) is 0 Å². The predicted octanol–water partition coefficient (Wildman–Crippen LogP) is 4.64. The van der Waals surface area contributed by atoms with Crippen molar-refractivity contribution in [3.63, 3.8) is 0 Å². The molecular formula is C16H26O. The van der Waals surface area contributed by atoms with E-state index in [1.807, 2.05) is 6.07 Å². The van der Waals surface area contributed by atoms with E-state index in [9.17, 15) is 5.11 Å².